The standard InChI is InChI=1S/C23H26FN5OS/c1-16-4-5-17(2)21(14-16)29-18(3)25-26-23(29)31-15-22(30)28-12-10-27(11-13-28)20-8-6-19(24)7-9-20/h4-9,14H,10-13,15H2,1-3H3. The van der Waals surface area contributed by atoms with Gasteiger partial charge in [0.2, 0.25) is 5.91 Å². The van der Waals surface area contributed by atoms with Crippen LogP contribution in [0.2, 0.25) is 0 Å². The lowest BCUT2D eigenvalue weighted by Gasteiger charge is -2.36. The first kappa shape index (κ1) is 21.4. The SMILES string of the molecule is Cc1ccc(C)c(-n2c(C)nnc2SCC(=O)N2CCN(c3ccc(F)cc3)CC2)c1. The van der Waals surface area contributed by atoms with Crippen LogP contribution >= 0.6 is 11.8 Å². The van der Waals surface area contributed by atoms with Gasteiger partial charge in [0.1, 0.15) is 11.6 Å². The fourth-order valence-corrected chi connectivity index (χ4v) is 4.65. The Labute approximate surface area is 186 Å². The van der Waals surface area contributed by atoms with E-state index in [0.717, 1.165) is 41.0 Å². The van der Waals surface area contributed by atoms with E-state index in [1.807, 2.05) is 16.4 Å². The number of amides is 1. The van der Waals surface area contributed by atoms with Crippen LogP contribution < -0.4 is 4.90 Å². The molecule has 0 radical (unpaired) electrons. The minimum absolute atomic E-state index is 0.0944. The first-order valence-electron chi connectivity index (χ1n) is 10.3. The summed E-state index contributed by atoms with van der Waals surface area (Å²) in [6, 6.07) is 12.8. The van der Waals surface area contributed by atoms with Crippen LogP contribution in [-0.4, -0.2) is 57.5 Å². The molecule has 0 saturated carbocycles. The fraction of sp³-hybridized carbons (Fsp3) is 0.348. The lowest BCUT2D eigenvalue weighted by atomic mass is 10.1. The van der Waals surface area contributed by atoms with Gasteiger partial charge in [-0.05, 0) is 62.2 Å². The van der Waals surface area contributed by atoms with Crippen molar-refractivity contribution in [3.05, 3.63) is 65.2 Å². The lowest BCUT2D eigenvalue weighted by Crippen LogP contribution is -2.49. The number of rotatable bonds is 5. The predicted octanol–water partition coefficient (Wildman–Crippen LogP) is 3.77. The molecule has 0 unspecified atom stereocenters. The third-order valence-corrected chi connectivity index (χ3v) is 6.46. The topological polar surface area (TPSA) is 54.3 Å². The Morgan fingerprint density at radius 3 is 2.42 bits per heavy atom. The van der Waals surface area contributed by atoms with Gasteiger partial charge < -0.3 is 9.80 Å². The van der Waals surface area contributed by atoms with Crippen LogP contribution in [0, 0.1) is 26.6 Å². The van der Waals surface area contributed by atoms with Gasteiger partial charge in [-0.1, -0.05) is 23.9 Å². The van der Waals surface area contributed by atoms with Crippen molar-refractivity contribution in [3.63, 3.8) is 0 Å². The van der Waals surface area contributed by atoms with Gasteiger partial charge in [-0.25, -0.2) is 4.39 Å². The summed E-state index contributed by atoms with van der Waals surface area (Å²) in [5, 5.41) is 9.27. The lowest BCUT2D eigenvalue weighted by molar-refractivity contribution is -0.128. The van der Waals surface area contributed by atoms with Crippen LogP contribution in [-0.2, 0) is 4.79 Å². The van der Waals surface area contributed by atoms with Crippen molar-refractivity contribution in [3.8, 4) is 5.69 Å². The number of thioether (sulfide) groups is 1. The number of hydrogen-bond acceptors (Lipinski definition) is 5. The molecule has 0 aliphatic carbocycles. The molecule has 1 aliphatic rings. The highest BCUT2D eigenvalue weighted by atomic mass is 32.2. The molecule has 3 aromatic rings. The number of halogens is 1. The van der Waals surface area contributed by atoms with E-state index in [-0.39, 0.29) is 11.7 Å². The first-order valence-corrected chi connectivity index (χ1v) is 11.3. The second kappa shape index (κ2) is 9.09. The van der Waals surface area contributed by atoms with Crippen LogP contribution in [0.4, 0.5) is 10.1 Å². The number of anilines is 1. The maximum Gasteiger partial charge on any atom is 0.233 e. The number of carbonyl (C=O) groups excluding carboxylic acids is 1. The zero-order valence-corrected chi connectivity index (χ0v) is 18.8. The quantitative estimate of drug-likeness (QED) is 0.567. The number of piperazine rings is 1. The van der Waals surface area contributed by atoms with Gasteiger partial charge >= 0.3 is 0 Å². The molecule has 0 atom stereocenters. The molecule has 162 valence electrons. The van der Waals surface area contributed by atoms with Crippen molar-refractivity contribution >= 4 is 23.4 Å². The van der Waals surface area contributed by atoms with Crippen LogP contribution in [0.25, 0.3) is 5.69 Å². The molecule has 2 aromatic carbocycles. The molecule has 0 spiro atoms. The van der Waals surface area contributed by atoms with Gasteiger partial charge in [-0.3, -0.25) is 9.36 Å². The Morgan fingerprint density at radius 1 is 1.00 bits per heavy atom. The molecule has 1 aliphatic heterocycles. The average molecular weight is 440 g/mol. The highest BCUT2D eigenvalue weighted by Crippen LogP contribution is 2.25. The summed E-state index contributed by atoms with van der Waals surface area (Å²) >= 11 is 1.42. The number of benzene rings is 2. The molecule has 1 aromatic heterocycles. The third kappa shape index (κ3) is 4.74. The summed E-state index contributed by atoms with van der Waals surface area (Å²) in [6.45, 7) is 8.83. The number of nitrogens with zero attached hydrogens (tertiary/aromatic N) is 5. The first-order chi connectivity index (χ1) is 14.9. The summed E-state index contributed by atoms with van der Waals surface area (Å²) in [6.07, 6.45) is 0. The molecule has 2 heterocycles. The van der Waals surface area contributed by atoms with E-state index in [9.17, 15) is 9.18 Å². The Kier molecular flexibility index (Phi) is 6.27. The second-order valence-electron chi connectivity index (χ2n) is 7.79. The van der Waals surface area contributed by atoms with Gasteiger partial charge in [-0.2, -0.15) is 0 Å². The monoisotopic (exact) mass is 439 g/mol. The zero-order chi connectivity index (χ0) is 22.0. The summed E-state index contributed by atoms with van der Waals surface area (Å²) in [7, 11) is 0. The van der Waals surface area contributed by atoms with Crippen molar-refractivity contribution < 1.29 is 9.18 Å². The number of aromatic nitrogens is 3. The van der Waals surface area contributed by atoms with Crippen molar-refractivity contribution in [2.24, 2.45) is 0 Å². The van der Waals surface area contributed by atoms with E-state index < -0.39 is 0 Å². The molecule has 4 rings (SSSR count). The van der Waals surface area contributed by atoms with Crippen molar-refractivity contribution in [1.82, 2.24) is 19.7 Å². The van der Waals surface area contributed by atoms with Gasteiger partial charge in [0.05, 0.1) is 11.4 Å². The van der Waals surface area contributed by atoms with E-state index in [0.29, 0.717) is 18.8 Å². The van der Waals surface area contributed by atoms with Crippen molar-refractivity contribution in [2.45, 2.75) is 25.9 Å². The van der Waals surface area contributed by atoms with Crippen LogP contribution in [0.3, 0.4) is 0 Å². The van der Waals surface area contributed by atoms with E-state index in [2.05, 4.69) is 47.1 Å². The number of carbonyl (C=O) groups is 1. The van der Waals surface area contributed by atoms with E-state index in [4.69, 9.17) is 0 Å². The van der Waals surface area contributed by atoms with Crippen LogP contribution in [0.15, 0.2) is 47.6 Å². The molecular formula is C23H26FN5OS. The highest BCUT2D eigenvalue weighted by Gasteiger charge is 2.22. The zero-order valence-electron chi connectivity index (χ0n) is 18.0. The largest absolute Gasteiger partial charge is 0.368 e. The molecule has 1 fully saturated rings. The highest BCUT2D eigenvalue weighted by molar-refractivity contribution is 7.99. The molecule has 31 heavy (non-hydrogen) atoms. The smallest absolute Gasteiger partial charge is 0.233 e. The van der Waals surface area contributed by atoms with Gasteiger partial charge in [0.25, 0.3) is 0 Å². The molecule has 1 saturated heterocycles. The van der Waals surface area contributed by atoms with E-state index >= 15 is 0 Å². The van der Waals surface area contributed by atoms with Gasteiger partial charge in [0.15, 0.2) is 5.16 Å². The molecular weight excluding hydrogens is 413 g/mol. The normalized spacial score (nSPS) is 14.2. The Hall–Kier alpha value is -2.87. The van der Waals surface area contributed by atoms with Crippen molar-refractivity contribution in [2.75, 3.05) is 36.8 Å². The summed E-state index contributed by atoms with van der Waals surface area (Å²) in [5.41, 5.74) is 4.34. The second-order valence-corrected chi connectivity index (χ2v) is 8.73. The van der Waals surface area contributed by atoms with Crippen LogP contribution in [0.5, 0.6) is 0 Å². The minimum Gasteiger partial charge on any atom is -0.368 e. The van der Waals surface area contributed by atoms with Gasteiger partial charge in [-0.15, -0.1) is 10.2 Å². The summed E-state index contributed by atoms with van der Waals surface area (Å²) in [4.78, 5) is 16.9. The van der Waals surface area contributed by atoms with E-state index in [1.165, 1.54) is 29.5 Å². The molecule has 8 heteroatoms. The summed E-state index contributed by atoms with van der Waals surface area (Å²) in [5.74, 6) is 0.978. The maximum atomic E-state index is 13.1. The third-order valence-electron chi connectivity index (χ3n) is 5.55. The molecule has 6 nitrogen and oxygen atoms in total. The number of aryl methyl sites for hydroxylation is 3. The minimum atomic E-state index is -0.237. The molecule has 0 N–H and O–H groups in total. The summed E-state index contributed by atoms with van der Waals surface area (Å²) < 4.78 is 15.2. The van der Waals surface area contributed by atoms with E-state index in [1.54, 1.807) is 12.1 Å². The Balaban J connectivity index is 1.38. The van der Waals surface area contributed by atoms with Crippen LogP contribution in [0.1, 0.15) is 17.0 Å². The average Bonchev–Trinajstić information content (AvgIpc) is 3.14. The Bertz CT molecular complexity index is 1070. The molecule has 0 bridgehead atoms. The number of hydrogen-bond donors (Lipinski definition) is 0. The van der Waals surface area contributed by atoms with Crippen molar-refractivity contribution in [1.29, 1.82) is 0 Å². The maximum absolute atomic E-state index is 13.1. The Morgan fingerprint density at radius 2 is 1.71 bits per heavy atom. The fourth-order valence-electron chi connectivity index (χ4n) is 3.76. The predicted molar refractivity (Wildman–Crippen MR) is 121 cm³/mol. The van der Waals surface area contributed by atoms with Gasteiger partial charge in [0, 0.05) is 31.9 Å². The molecule has 1 amide bonds.